The van der Waals surface area contributed by atoms with E-state index in [1.165, 1.54) is 30.4 Å². The number of hydrogen-bond acceptors (Lipinski definition) is 2. The molecule has 1 aromatic carbocycles. The zero-order valence-corrected chi connectivity index (χ0v) is 12.2. The summed E-state index contributed by atoms with van der Waals surface area (Å²) in [5.41, 5.74) is 3.78. The monoisotopic (exact) mass is 262 g/mol. The highest BCUT2D eigenvalue weighted by Crippen LogP contribution is 2.23. The van der Waals surface area contributed by atoms with E-state index in [1.54, 1.807) is 0 Å². The molecule has 1 nitrogen and oxygen atoms in total. The Hall–Kier alpha value is -0.760. The van der Waals surface area contributed by atoms with Crippen LogP contribution in [0.1, 0.15) is 54.6 Å². The second kappa shape index (κ2) is 6.42. The first kappa shape index (κ1) is 13.7. The molecule has 0 atom stereocenters. The highest BCUT2D eigenvalue weighted by Gasteiger charge is 2.12. The van der Waals surface area contributed by atoms with Crippen LogP contribution in [0, 0.1) is 0 Å². The molecular formula is C16H22OS. The second-order valence-corrected chi connectivity index (χ2v) is 6.97. The number of benzene rings is 1. The first-order valence-corrected chi connectivity index (χ1v) is 7.98. The molecule has 1 aromatic rings. The van der Waals surface area contributed by atoms with E-state index in [9.17, 15) is 4.79 Å². The highest BCUT2D eigenvalue weighted by molar-refractivity contribution is 7.99. The van der Waals surface area contributed by atoms with Gasteiger partial charge in [-0.2, -0.15) is 11.8 Å². The fraction of sp³-hybridized carbons (Fsp3) is 0.562. The standard InChI is InChI=1S/C16H22OS/c1-12(2)18-10-9-16(17)15-8-7-13-5-3-4-6-14(13)11-15/h7-8,11-12H,3-6,9-10H2,1-2H3. The Morgan fingerprint density at radius 2 is 1.94 bits per heavy atom. The molecule has 0 saturated carbocycles. The van der Waals surface area contributed by atoms with Gasteiger partial charge < -0.3 is 0 Å². The van der Waals surface area contributed by atoms with Crippen LogP contribution in [0.5, 0.6) is 0 Å². The first-order chi connectivity index (χ1) is 8.66. The number of carbonyl (C=O) groups is 1. The van der Waals surface area contributed by atoms with Crippen molar-refractivity contribution >= 4 is 17.5 Å². The lowest BCUT2D eigenvalue weighted by atomic mass is 9.89. The SMILES string of the molecule is CC(C)SCCC(=O)c1ccc2c(c1)CCCC2. The molecule has 0 fully saturated rings. The summed E-state index contributed by atoms with van der Waals surface area (Å²) in [6, 6.07) is 6.32. The average molecular weight is 262 g/mol. The van der Waals surface area contributed by atoms with Crippen LogP contribution in [-0.2, 0) is 12.8 Å². The molecule has 2 heteroatoms. The van der Waals surface area contributed by atoms with Crippen LogP contribution in [0.25, 0.3) is 0 Å². The fourth-order valence-corrected chi connectivity index (χ4v) is 3.21. The highest BCUT2D eigenvalue weighted by atomic mass is 32.2. The molecule has 0 amide bonds. The summed E-state index contributed by atoms with van der Waals surface area (Å²) in [5, 5.41) is 0.612. The van der Waals surface area contributed by atoms with E-state index < -0.39 is 0 Å². The van der Waals surface area contributed by atoms with Crippen molar-refractivity contribution in [3.05, 3.63) is 34.9 Å². The molecule has 1 aliphatic rings. The predicted molar refractivity (Wildman–Crippen MR) is 79.6 cm³/mol. The van der Waals surface area contributed by atoms with Gasteiger partial charge in [-0.15, -0.1) is 0 Å². The molecule has 0 bridgehead atoms. The molecule has 18 heavy (non-hydrogen) atoms. The van der Waals surface area contributed by atoms with E-state index in [1.807, 2.05) is 17.8 Å². The Bertz CT molecular complexity index is 423. The van der Waals surface area contributed by atoms with Crippen molar-refractivity contribution < 1.29 is 4.79 Å². The van der Waals surface area contributed by atoms with E-state index in [4.69, 9.17) is 0 Å². The minimum absolute atomic E-state index is 0.302. The van der Waals surface area contributed by atoms with Gasteiger partial charge in [0.25, 0.3) is 0 Å². The number of Topliss-reactive ketones (excluding diaryl/α,β-unsaturated/α-hetero) is 1. The molecular weight excluding hydrogens is 240 g/mol. The third kappa shape index (κ3) is 3.61. The molecule has 98 valence electrons. The summed E-state index contributed by atoms with van der Waals surface area (Å²) in [6.45, 7) is 4.35. The van der Waals surface area contributed by atoms with Crippen molar-refractivity contribution in [3.8, 4) is 0 Å². The zero-order valence-electron chi connectivity index (χ0n) is 11.4. The van der Waals surface area contributed by atoms with Crippen LogP contribution < -0.4 is 0 Å². The minimum Gasteiger partial charge on any atom is -0.294 e. The second-order valence-electron chi connectivity index (χ2n) is 5.28. The molecule has 0 N–H and O–H groups in total. The van der Waals surface area contributed by atoms with Gasteiger partial charge in [0.2, 0.25) is 0 Å². The average Bonchev–Trinajstić information content (AvgIpc) is 2.37. The topological polar surface area (TPSA) is 17.1 Å². The zero-order chi connectivity index (χ0) is 13.0. The Morgan fingerprint density at radius 1 is 1.22 bits per heavy atom. The van der Waals surface area contributed by atoms with Gasteiger partial charge in [-0.3, -0.25) is 4.79 Å². The molecule has 0 saturated heterocycles. The van der Waals surface area contributed by atoms with E-state index in [2.05, 4.69) is 26.0 Å². The van der Waals surface area contributed by atoms with E-state index >= 15 is 0 Å². The van der Waals surface area contributed by atoms with E-state index in [0.29, 0.717) is 17.5 Å². The lowest BCUT2D eigenvalue weighted by molar-refractivity contribution is 0.0989. The van der Waals surface area contributed by atoms with Crippen LogP contribution in [0.2, 0.25) is 0 Å². The van der Waals surface area contributed by atoms with Gasteiger partial charge >= 0.3 is 0 Å². The Morgan fingerprint density at radius 3 is 2.67 bits per heavy atom. The summed E-state index contributed by atoms with van der Waals surface area (Å²) in [6.07, 6.45) is 5.57. The number of thioether (sulfide) groups is 1. The van der Waals surface area contributed by atoms with Crippen molar-refractivity contribution in [3.63, 3.8) is 0 Å². The molecule has 0 aromatic heterocycles. The Balaban J connectivity index is 1.98. The lowest BCUT2D eigenvalue weighted by Crippen LogP contribution is -2.07. The third-order valence-electron chi connectivity index (χ3n) is 3.45. The van der Waals surface area contributed by atoms with Crippen LogP contribution >= 0.6 is 11.8 Å². The van der Waals surface area contributed by atoms with Crippen molar-refractivity contribution in [1.29, 1.82) is 0 Å². The molecule has 0 radical (unpaired) electrons. The molecule has 0 heterocycles. The van der Waals surface area contributed by atoms with Gasteiger partial charge in [0.15, 0.2) is 5.78 Å². The maximum atomic E-state index is 12.1. The number of carbonyl (C=O) groups excluding carboxylic acids is 1. The van der Waals surface area contributed by atoms with Crippen LogP contribution in [0.4, 0.5) is 0 Å². The normalized spacial score (nSPS) is 14.6. The Kier molecular flexibility index (Phi) is 4.87. The molecule has 0 spiro atoms. The van der Waals surface area contributed by atoms with Gasteiger partial charge in [-0.25, -0.2) is 0 Å². The maximum absolute atomic E-state index is 12.1. The molecule has 0 unspecified atom stereocenters. The molecule has 1 aliphatic carbocycles. The maximum Gasteiger partial charge on any atom is 0.163 e. The quantitative estimate of drug-likeness (QED) is 0.737. The lowest BCUT2D eigenvalue weighted by Gasteiger charge is -2.16. The van der Waals surface area contributed by atoms with Crippen molar-refractivity contribution in [2.45, 2.75) is 51.2 Å². The summed E-state index contributed by atoms with van der Waals surface area (Å²) in [4.78, 5) is 12.1. The van der Waals surface area contributed by atoms with Gasteiger partial charge in [0, 0.05) is 17.7 Å². The van der Waals surface area contributed by atoms with Gasteiger partial charge in [0.1, 0.15) is 0 Å². The van der Waals surface area contributed by atoms with Crippen LogP contribution in [-0.4, -0.2) is 16.8 Å². The van der Waals surface area contributed by atoms with Crippen LogP contribution in [0.3, 0.4) is 0 Å². The van der Waals surface area contributed by atoms with Crippen molar-refractivity contribution in [1.82, 2.24) is 0 Å². The number of fused-ring (bicyclic) bond motifs is 1. The molecule has 0 aliphatic heterocycles. The van der Waals surface area contributed by atoms with Crippen molar-refractivity contribution in [2.75, 3.05) is 5.75 Å². The fourth-order valence-electron chi connectivity index (χ4n) is 2.44. The van der Waals surface area contributed by atoms with Gasteiger partial charge in [0.05, 0.1) is 0 Å². The number of aryl methyl sites for hydroxylation is 2. The summed E-state index contributed by atoms with van der Waals surface area (Å²) in [5.74, 6) is 1.24. The number of rotatable bonds is 5. The van der Waals surface area contributed by atoms with Gasteiger partial charge in [-0.1, -0.05) is 26.0 Å². The van der Waals surface area contributed by atoms with E-state index in [-0.39, 0.29) is 0 Å². The van der Waals surface area contributed by atoms with Crippen molar-refractivity contribution in [2.24, 2.45) is 0 Å². The van der Waals surface area contributed by atoms with E-state index in [0.717, 1.165) is 17.7 Å². The summed E-state index contributed by atoms with van der Waals surface area (Å²) < 4.78 is 0. The van der Waals surface area contributed by atoms with Gasteiger partial charge in [-0.05, 0) is 48.1 Å². The first-order valence-electron chi connectivity index (χ1n) is 6.93. The van der Waals surface area contributed by atoms with Crippen LogP contribution in [0.15, 0.2) is 18.2 Å². The third-order valence-corrected chi connectivity index (χ3v) is 4.56. The summed E-state index contributed by atoms with van der Waals surface area (Å²) in [7, 11) is 0. The summed E-state index contributed by atoms with van der Waals surface area (Å²) >= 11 is 1.86. The largest absolute Gasteiger partial charge is 0.294 e. The number of ketones is 1. The minimum atomic E-state index is 0.302. The number of hydrogen-bond donors (Lipinski definition) is 0. The predicted octanol–water partition coefficient (Wildman–Crippen LogP) is 4.28. The Labute approximate surface area is 114 Å². The smallest absolute Gasteiger partial charge is 0.163 e. The molecule has 2 rings (SSSR count).